The second-order valence-electron chi connectivity index (χ2n) is 5.91. The molecular formula is C18H21NO6S. The third-order valence-electron chi connectivity index (χ3n) is 4.12. The van der Waals surface area contributed by atoms with Crippen molar-refractivity contribution in [3.05, 3.63) is 39.7 Å². The van der Waals surface area contributed by atoms with Gasteiger partial charge in [-0.1, -0.05) is 0 Å². The summed E-state index contributed by atoms with van der Waals surface area (Å²) in [5.74, 6) is -0.883. The van der Waals surface area contributed by atoms with Crippen LogP contribution >= 0.6 is 11.8 Å². The van der Waals surface area contributed by atoms with E-state index >= 15 is 0 Å². The van der Waals surface area contributed by atoms with Gasteiger partial charge < -0.3 is 19.9 Å². The second kappa shape index (κ2) is 8.75. The van der Waals surface area contributed by atoms with Gasteiger partial charge in [-0.2, -0.15) is 11.8 Å². The van der Waals surface area contributed by atoms with E-state index in [0.29, 0.717) is 28.7 Å². The van der Waals surface area contributed by atoms with E-state index in [4.69, 9.17) is 9.52 Å². The van der Waals surface area contributed by atoms with Gasteiger partial charge in [0.15, 0.2) is 0 Å². The number of carbonyl (C=O) groups is 2. The largest absolute Gasteiger partial charge is 0.508 e. The smallest absolute Gasteiger partial charge is 0.339 e. The zero-order chi connectivity index (χ0) is 19.3. The molecule has 1 aromatic heterocycles. The summed E-state index contributed by atoms with van der Waals surface area (Å²) in [5, 5.41) is 21.8. The fraction of sp³-hybridized carbons (Fsp3) is 0.389. The molecule has 0 bridgehead atoms. The average molecular weight is 379 g/mol. The number of phenolic OH excluding ortho intramolecular Hbond substituents is 1. The van der Waals surface area contributed by atoms with Crippen LogP contribution in [-0.2, 0) is 16.0 Å². The van der Waals surface area contributed by atoms with E-state index in [0.717, 1.165) is 0 Å². The van der Waals surface area contributed by atoms with Crippen LogP contribution in [0.3, 0.4) is 0 Å². The molecule has 0 aliphatic rings. The highest BCUT2D eigenvalue weighted by molar-refractivity contribution is 7.98. The summed E-state index contributed by atoms with van der Waals surface area (Å²) < 4.78 is 5.22. The summed E-state index contributed by atoms with van der Waals surface area (Å²) in [5.41, 5.74) is 0.768. The lowest BCUT2D eigenvalue weighted by Crippen LogP contribution is -2.41. The van der Waals surface area contributed by atoms with Crippen LogP contribution in [0, 0.1) is 6.92 Å². The van der Waals surface area contributed by atoms with Crippen molar-refractivity contribution in [3.63, 3.8) is 0 Å². The third kappa shape index (κ3) is 4.78. The molecule has 2 aromatic rings. The topological polar surface area (TPSA) is 117 Å². The monoisotopic (exact) mass is 379 g/mol. The van der Waals surface area contributed by atoms with Crippen molar-refractivity contribution in [3.8, 4) is 5.75 Å². The number of fused-ring (bicyclic) bond motifs is 1. The van der Waals surface area contributed by atoms with E-state index in [-0.39, 0.29) is 24.2 Å². The molecule has 0 aliphatic heterocycles. The molecule has 0 fully saturated rings. The first-order valence-corrected chi connectivity index (χ1v) is 9.49. The van der Waals surface area contributed by atoms with Gasteiger partial charge in [-0.25, -0.2) is 9.59 Å². The molecule has 8 heteroatoms. The van der Waals surface area contributed by atoms with Gasteiger partial charge >= 0.3 is 11.6 Å². The Bertz CT molecular complexity index is 876. The van der Waals surface area contributed by atoms with E-state index in [1.54, 1.807) is 13.0 Å². The fourth-order valence-corrected chi connectivity index (χ4v) is 3.14. The number of carboxylic acids is 1. The molecule has 1 amide bonds. The van der Waals surface area contributed by atoms with Gasteiger partial charge in [0, 0.05) is 23.4 Å². The van der Waals surface area contributed by atoms with Gasteiger partial charge in [-0.05, 0) is 49.5 Å². The second-order valence-corrected chi connectivity index (χ2v) is 6.90. The molecule has 1 aromatic carbocycles. The average Bonchev–Trinajstić information content (AvgIpc) is 2.57. The Hall–Kier alpha value is -2.48. The lowest BCUT2D eigenvalue weighted by Gasteiger charge is -2.14. The minimum Gasteiger partial charge on any atom is -0.508 e. The van der Waals surface area contributed by atoms with Gasteiger partial charge in [-0.15, -0.1) is 0 Å². The lowest BCUT2D eigenvalue weighted by molar-refractivity contribution is -0.141. The molecule has 1 heterocycles. The predicted molar refractivity (Wildman–Crippen MR) is 99.8 cm³/mol. The Morgan fingerprint density at radius 3 is 2.73 bits per heavy atom. The molecule has 140 valence electrons. The molecular weight excluding hydrogens is 358 g/mol. The first-order valence-electron chi connectivity index (χ1n) is 8.10. The summed E-state index contributed by atoms with van der Waals surface area (Å²) in [4.78, 5) is 35.4. The van der Waals surface area contributed by atoms with Crippen LogP contribution in [0.4, 0.5) is 0 Å². The number of carbonyl (C=O) groups excluding carboxylic acids is 1. The van der Waals surface area contributed by atoms with Crippen LogP contribution in [0.1, 0.15) is 24.0 Å². The Morgan fingerprint density at radius 1 is 1.35 bits per heavy atom. The molecule has 0 spiro atoms. The number of amides is 1. The maximum Gasteiger partial charge on any atom is 0.339 e. The van der Waals surface area contributed by atoms with Crippen molar-refractivity contribution in [1.82, 2.24) is 5.32 Å². The van der Waals surface area contributed by atoms with Crippen molar-refractivity contribution in [1.29, 1.82) is 0 Å². The Balaban J connectivity index is 2.11. The van der Waals surface area contributed by atoms with E-state index in [1.165, 1.54) is 23.9 Å². The first kappa shape index (κ1) is 19.8. The molecule has 0 saturated carbocycles. The van der Waals surface area contributed by atoms with Crippen molar-refractivity contribution in [2.24, 2.45) is 0 Å². The number of phenols is 1. The molecule has 0 radical (unpaired) electrons. The van der Waals surface area contributed by atoms with Crippen molar-refractivity contribution < 1.29 is 24.2 Å². The minimum atomic E-state index is -1.08. The number of benzene rings is 1. The normalized spacial score (nSPS) is 12.1. The first-order chi connectivity index (χ1) is 12.3. The fourth-order valence-electron chi connectivity index (χ4n) is 2.67. The van der Waals surface area contributed by atoms with Gasteiger partial charge in [0.2, 0.25) is 5.91 Å². The van der Waals surface area contributed by atoms with E-state index in [2.05, 4.69) is 5.32 Å². The number of nitrogens with one attached hydrogen (secondary N) is 1. The molecule has 2 rings (SSSR count). The Kier molecular flexibility index (Phi) is 6.68. The maximum atomic E-state index is 12.2. The zero-order valence-electron chi connectivity index (χ0n) is 14.6. The van der Waals surface area contributed by atoms with Crippen molar-refractivity contribution in [2.45, 2.75) is 32.2 Å². The summed E-state index contributed by atoms with van der Waals surface area (Å²) in [6.07, 6.45) is 2.33. The SMILES string of the molecule is CSCC[C@@H](NC(=O)CCc1c(C)c2ccc(O)cc2oc1=O)C(=O)O. The molecule has 26 heavy (non-hydrogen) atoms. The number of hydrogen-bond donors (Lipinski definition) is 3. The molecule has 0 aliphatic carbocycles. The van der Waals surface area contributed by atoms with Gasteiger partial charge in [0.25, 0.3) is 0 Å². The van der Waals surface area contributed by atoms with Crippen LogP contribution < -0.4 is 10.9 Å². The Labute approximate surface area is 154 Å². The summed E-state index contributed by atoms with van der Waals surface area (Å²) in [6.45, 7) is 1.75. The molecule has 7 nitrogen and oxygen atoms in total. The van der Waals surface area contributed by atoms with Crippen LogP contribution in [-0.4, -0.2) is 40.1 Å². The van der Waals surface area contributed by atoms with Crippen LogP contribution in [0.2, 0.25) is 0 Å². The maximum absolute atomic E-state index is 12.2. The highest BCUT2D eigenvalue weighted by atomic mass is 32.2. The number of rotatable bonds is 8. The van der Waals surface area contributed by atoms with Crippen molar-refractivity contribution in [2.75, 3.05) is 12.0 Å². The van der Waals surface area contributed by atoms with E-state index < -0.39 is 23.5 Å². The van der Waals surface area contributed by atoms with Gasteiger partial charge in [0.1, 0.15) is 17.4 Å². The van der Waals surface area contributed by atoms with Crippen LogP contribution in [0.5, 0.6) is 5.75 Å². The highest BCUT2D eigenvalue weighted by Crippen LogP contribution is 2.23. The summed E-state index contributed by atoms with van der Waals surface area (Å²) in [7, 11) is 0. The highest BCUT2D eigenvalue weighted by Gasteiger charge is 2.20. The predicted octanol–water partition coefficient (Wildman–Crippen LogP) is 2.06. The zero-order valence-corrected chi connectivity index (χ0v) is 15.4. The van der Waals surface area contributed by atoms with Gasteiger partial charge in [0.05, 0.1) is 0 Å². The molecule has 3 N–H and O–H groups in total. The van der Waals surface area contributed by atoms with Crippen LogP contribution in [0.15, 0.2) is 27.4 Å². The van der Waals surface area contributed by atoms with E-state index in [9.17, 15) is 19.5 Å². The number of hydrogen-bond acceptors (Lipinski definition) is 6. The number of thioether (sulfide) groups is 1. The number of aliphatic carboxylic acids is 1. The van der Waals surface area contributed by atoms with Gasteiger partial charge in [-0.3, -0.25) is 4.79 Å². The third-order valence-corrected chi connectivity index (χ3v) is 4.76. The lowest BCUT2D eigenvalue weighted by atomic mass is 10.0. The summed E-state index contributed by atoms with van der Waals surface area (Å²) >= 11 is 1.50. The number of aryl methyl sites for hydroxylation is 1. The van der Waals surface area contributed by atoms with E-state index in [1.807, 2.05) is 6.26 Å². The van der Waals surface area contributed by atoms with Crippen LogP contribution in [0.25, 0.3) is 11.0 Å². The minimum absolute atomic E-state index is 0.00265. The van der Waals surface area contributed by atoms with Crippen molar-refractivity contribution >= 4 is 34.6 Å². The Morgan fingerprint density at radius 2 is 2.08 bits per heavy atom. The molecule has 0 unspecified atom stereocenters. The number of aromatic hydroxyl groups is 1. The molecule has 0 saturated heterocycles. The number of carboxylic acid groups (broad SMARTS) is 1. The summed E-state index contributed by atoms with van der Waals surface area (Å²) in [6, 6.07) is 3.57. The quantitative estimate of drug-likeness (QED) is 0.601. The molecule has 1 atom stereocenters. The standard InChI is InChI=1S/C18H21NO6S/c1-10-12-4-3-11(20)9-15(12)25-18(24)13(10)5-6-16(21)19-14(17(22)23)7-8-26-2/h3-4,9,14,20H,5-8H2,1-2H3,(H,19,21)(H,22,23)/t14-/m1/s1.